The van der Waals surface area contributed by atoms with Gasteiger partial charge in [-0.2, -0.15) is 0 Å². The first-order valence-corrected chi connectivity index (χ1v) is 9.02. The van der Waals surface area contributed by atoms with Gasteiger partial charge in [0.2, 0.25) is 0 Å². The number of halogens is 1. The molecule has 1 aromatic heterocycles. The molecule has 1 fully saturated rings. The number of aromatic nitrogens is 1. The molecule has 122 valence electrons. The van der Waals surface area contributed by atoms with Crippen LogP contribution in [0.4, 0.5) is 0 Å². The first-order chi connectivity index (χ1) is 11.6. The molecule has 2 heterocycles. The zero-order chi connectivity index (χ0) is 16.7. The van der Waals surface area contributed by atoms with Crippen LogP contribution in [0, 0.1) is 0 Å². The van der Waals surface area contributed by atoms with Crippen molar-refractivity contribution >= 4 is 32.7 Å². The van der Waals surface area contributed by atoms with Crippen molar-refractivity contribution in [2.24, 2.45) is 7.05 Å². The summed E-state index contributed by atoms with van der Waals surface area (Å²) in [6.07, 6.45) is 1.01. The number of likely N-dealkylation sites (tertiary alicyclic amines) is 1. The van der Waals surface area contributed by atoms with Crippen LogP contribution in [0.25, 0.3) is 10.9 Å². The van der Waals surface area contributed by atoms with Crippen molar-refractivity contribution in [3.63, 3.8) is 0 Å². The molecule has 0 bridgehead atoms. The molecule has 0 spiro atoms. The van der Waals surface area contributed by atoms with E-state index in [-0.39, 0.29) is 5.91 Å². The molecule has 0 N–H and O–H groups in total. The predicted octanol–water partition coefficient (Wildman–Crippen LogP) is 4.57. The molecule has 0 radical (unpaired) electrons. The van der Waals surface area contributed by atoms with E-state index in [0.717, 1.165) is 29.5 Å². The Morgan fingerprint density at radius 1 is 1.12 bits per heavy atom. The number of aryl methyl sites for hydroxylation is 1. The van der Waals surface area contributed by atoms with Crippen molar-refractivity contribution in [3.05, 3.63) is 70.3 Å². The summed E-state index contributed by atoms with van der Waals surface area (Å²) in [6, 6.07) is 18.4. The Kier molecular flexibility index (Phi) is 3.93. The van der Waals surface area contributed by atoms with Gasteiger partial charge in [0.05, 0.1) is 5.56 Å². The van der Waals surface area contributed by atoms with E-state index < -0.39 is 0 Å². The zero-order valence-corrected chi connectivity index (χ0v) is 15.2. The van der Waals surface area contributed by atoms with Gasteiger partial charge in [-0.05, 0) is 52.0 Å². The Balaban J connectivity index is 1.59. The molecule has 0 saturated carbocycles. The number of hydrogen-bond acceptors (Lipinski definition) is 1. The highest BCUT2D eigenvalue weighted by Crippen LogP contribution is 2.32. The number of carbonyl (C=O) groups excluding carboxylic acids is 1. The second kappa shape index (κ2) is 6.10. The van der Waals surface area contributed by atoms with E-state index in [1.165, 1.54) is 16.6 Å². The second-order valence-corrected chi connectivity index (χ2v) is 7.26. The quantitative estimate of drug-likeness (QED) is 0.637. The van der Waals surface area contributed by atoms with E-state index in [4.69, 9.17) is 0 Å². The predicted molar refractivity (Wildman–Crippen MR) is 100 cm³/mol. The third kappa shape index (κ3) is 2.55. The van der Waals surface area contributed by atoms with Crippen LogP contribution in [0.1, 0.15) is 28.4 Å². The molecule has 1 amide bonds. The third-order valence-electron chi connectivity index (χ3n) is 4.99. The van der Waals surface area contributed by atoms with Gasteiger partial charge >= 0.3 is 0 Å². The first kappa shape index (κ1) is 15.5. The summed E-state index contributed by atoms with van der Waals surface area (Å²) in [5.41, 5.74) is 3.32. The average Bonchev–Trinajstić information content (AvgIpc) is 3.20. The van der Waals surface area contributed by atoms with Crippen molar-refractivity contribution in [2.75, 3.05) is 13.1 Å². The van der Waals surface area contributed by atoms with Crippen molar-refractivity contribution in [1.82, 2.24) is 9.47 Å². The zero-order valence-electron chi connectivity index (χ0n) is 13.6. The minimum absolute atomic E-state index is 0.115. The lowest BCUT2D eigenvalue weighted by Crippen LogP contribution is -2.28. The lowest BCUT2D eigenvalue weighted by atomic mass is 10.0. The van der Waals surface area contributed by atoms with Gasteiger partial charge in [0, 0.05) is 41.7 Å². The van der Waals surface area contributed by atoms with Gasteiger partial charge < -0.3 is 9.47 Å². The SMILES string of the molecule is Cn1c(C2CCN(C(=O)c3ccccc3Br)C2)cc2ccccc21. The lowest BCUT2D eigenvalue weighted by molar-refractivity contribution is 0.0789. The topological polar surface area (TPSA) is 25.2 Å². The fraction of sp³-hybridized carbons (Fsp3) is 0.250. The number of fused-ring (bicyclic) bond motifs is 1. The van der Waals surface area contributed by atoms with Crippen LogP contribution in [-0.4, -0.2) is 28.5 Å². The molecule has 1 aliphatic rings. The van der Waals surface area contributed by atoms with E-state index in [9.17, 15) is 4.79 Å². The second-order valence-electron chi connectivity index (χ2n) is 6.40. The van der Waals surface area contributed by atoms with E-state index in [2.05, 4.69) is 57.9 Å². The highest BCUT2D eigenvalue weighted by Gasteiger charge is 2.30. The van der Waals surface area contributed by atoms with Crippen LogP contribution in [0.5, 0.6) is 0 Å². The molecule has 1 aliphatic heterocycles. The minimum atomic E-state index is 0.115. The van der Waals surface area contributed by atoms with Crippen LogP contribution in [-0.2, 0) is 7.05 Å². The maximum atomic E-state index is 12.8. The molecular formula is C20H19BrN2O. The summed E-state index contributed by atoms with van der Waals surface area (Å²) in [5.74, 6) is 0.512. The average molecular weight is 383 g/mol. The number of amides is 1. The molecule has 1 unspecified atom stereocenters. The van der Waals surface area contributed by atoms with Gasteiger partial charge in [-0.3, -0.25) is 4.79 Å². The van der Waals surface area contributed by atoms with Crippen LogP contribution in [0.3, 0.4) is 0 Å². The minimum Gasteiger partial charge on any atom is -0.347 e. The number of hydrogen-bond donors (Lipinski definition) is 0. The number of carbonyl (C=O) groups is 1. The smallest absolute Gasteiger partial charge is 0.255 e. The monoisotopic (exact) mass is 382 g/mol. The van der Waals surface area contributed by atoms with Gasteiger partial charge in [0.25, 0.3) is 5.91 Å². The molecule has 3 nitrogen and oxygen atoms in total. The maximum Gasteiger partial charge on any atom is 0.255 e. The first-order valence-electron chi connectivity index (χ1n) is 8.23. The summed E-state index contributed by atoms with van der Waals surface area (Å²) < 4.78 is 3.13. The number of rotatable bonds is 2. The Labute approximate surface area is 150 Å². The molecule has 0 aliphatic carbocycles. The van der Waals surface area contributed by atoms with Crippen LogP contribution in [0.2, 0.25) is 0 Å². The maximum absolute atomic E-state index is 12.8. The number of nitrogens with zero attached hydrogens (tertiary/aromatic N) is 2. The molecule has 3 aromatic rings. The van der Waals surface area contributed by atoms with E-state index in [1.807, 2.05) is 29.2 Å². The van der Waals surface area contributed by atoms with E-state index >= 15 is 0 Å². The van der Waals surface area contributed by atoms with E-state index in [0.29, 0.717) is 5.92 Å². The largest absolute Gasteiger partial charge is 0.347 e. The Morgan fingerprint density at radius 3 is 2.67 bits per heavy atom. The Morgan fingerprint density at radius 2 is 1.88 bits per heavy atom. The van der Waals surface area contributed by atoms with Crippen molar-refractivity contribution in [2.45, 2.75) is 12.3 Å². The standard InChI is InChI=1S/C20H19BrN2O/c1-22-18-9-5-2-6-14(18)12-19(22)15-10-11-23(13-15)20(24)16-7-3-4-8-17(16)21/h2-9,12,15H,10-11,13H2,1H3. The summed E-state index contributed by atoms with van der Waals surface area (Å²) in [6.45, 7) is 1.59. The summed E-state index contributed by atoms with van der Waals surface area (Å²) >= 11 is 3.49. The van der Waals surface area contributed by atoms with Gasteiger partial charge in [-0.15, -0.1) is 0 Å². The summed E-state index contributed by atoms with van der Waals surface area (Å²) in [4.78, 5) is 14.8. The van der Waals surface area contributed by atoms with Crippen LogP contribution >= 0.6 is 15.9 Å². The fourth-order valence-corrected chi connectivity index (χ4v) is 4.15. The summed E-state index contributed by atoms with van der Waals surface area (Å²) in [7, 11) is 2.12. The Bertz CT molecular complexity index is 915. The molecule has 1 saturated heterocycles. The lowest BCUT2D eigenvalue weighted by Gasteiger charge is -2.18. The third-order valence-corrected chi connectivity index (χ3v) is 5.68. The number of benzene rings is 2. The van der Waals surface area contributed by atoms with Crippen molar-refractivity contribution in [3.8, 4) is 0 Å². The summed E-state index contributed by atoms with van der Waals surface area (Å²) in [5, 5.41) is 1.27. The molecule has 1 atom stereocenters. The van der Waals surface area contributed by atoms with E-state index in [1.54, 1.807) is 0 Å². The molecule has 2 aromatic carbocycles. The van der Waals surface area contributed by atoms with Gasteiger partial charge in [-0.25, -0.2) is 0 Å². The molecular weight excluding hydrogens is 364 g/mol. The number of para-hydroxylation sites is 1. The molecule has 4 heteroatoms. The van der Waals surface area contributed by atoms with Gasteiger partial charge in [0.15, 0.2) is 0 Å². The highest BCUT2D eigenvalue weighted by molar-refractivity contribution is 9.10. The fourth-order valence-electron chi connectivity index (χ4n) is 3.69. The van der Waals surface area contributed by atoms with Crippen molar-refractivity contribution in [1.29, 1.82) is 0 Å². The van der Waals surface area contributed by atoms with Gasteiger partial charge in [0.1, 0.15) is 0 Å². The Hall–Kier alpha value is -2.07. The van der Waals surface area contributed by atoms with Crippen LogP contribution in [0.15, 0.2) is 59.1 Å². The van der Waals surface area contributed by atoms with Crippen molar-refractivity contribution < 1.29 is 4.79 Å². The highest BCUT2D eigenvalue weighted by atomic mass is 79.9. The van der Waals surface area contributed by atoms with Crippen LogP contribution < -0.4 is 0 Å². The van der Waals surface area contributed by atoms with Gasteiger partial charge in [-0.1, -0.05) is 30.3 Å². The normalized spacial score (nSPS) is 17.6. The molecule has 4 rings (SSSR count). The molecule has 24 heavy (non-hydrogen) atoms.